The van der Waals surface area contributed by atoms with E-state index in [4.69, 9.17) is 0 Å². The monoisotopic (exact) mass is 280 g/mol. The fourth-order valence-corrected chi connectivity index (χ4v) is 4.32. The van der Waals surface area contributed by atoms with Gasteiger partial charge in [0.1, 0.15) is 0 Å². The molecule has 0 bridgehead atoms. The van der Waals surface area contributed by atoms with Gasteiger partial charge in [0, 0.05) is 12.6 Å². The van der Waals surface area contributed by atoms with Gasteiger partial charge in [-0.3, -0.25) is 0 Å². The molecule has 2 heteroatoms. The maximum absolute atomic E-state index is 3.79. The van der Waals surface area contributed by atoms with Crippen molar-refractivity contribution in [1.29, 1.82) is 0 Å². The summed E-state index contributed by atoms with van der Waals surface area (Å²) in [7, 11) is 0. The Morgan fingerprint density at radius 1 is 1.00 bits per heavy atom. The molecule has 0 aromatic carbocycles. The van der Waals surface area contributed by atoms with Crippen molar-refractivity contribution in [1.82, 2.24) is 10.2 Å². The smallest absolute Gasteiger partial charge is 0.0223 e. The Kier molecular flexibility index (Phi) is 7.37. The topological polar surface area (TPSA) is 15.3 Å². The van der Waals surface area contributed by atoms with Crippen LogP contribution in [0.4, 0.5) is 0 Å². The highest BCUT2D eigenvalue weighted by molar-refractivity contribution is 4.83. The fraction of sp³-hybridized carbons (Fsp3) is 1.00. The Balaban J connectivity index is 1.76. The highest BCUT2D eigenvalue weighted by atomic mass is 15.2. The maximum Gasteiger partial charge on any atom is 0.0223 e. The van der Waals surface area contributed by atoms with Gasteiger partial charge >= 0.3 is 0 Å². The fourth-order valence-electron chi connectivity index (χ4n) is 4.32. The molecule has 1 unspecified atom stereocenters. The second-order valence-corrected chi connectivity index (χ2v) is 7.09. The van der Waals surface area contributed by atoms with Crippen LogP contribution in [0, 0.1) is 11.8 Å². The van der Waals surface area contributed by atoms with E-state index in [0.29, 0.717) is 0 Å². The first-order valence-electron chi connectivity index (χ1n) is 9.29. The van der Waals surface area contributed by atoms with E-state index in [9.17, 15) is 0 Å². The molecule has 1 aliphatic carbocycles. The van der Waals surface area contributed by atoms with Crippen LogP contribution in [-0.2, 0) is 0 Å². The van der Waals surface area contributed by atoms with Crippen molar-refractivity contribution in [2.24, 2.45) is 11.8 Å². The molecule has 1 aliphatic heterocycles. The number of hydrogen-bond acceptors (Lipinski definition) is 2. The van der Waals surface area contributed by atoms with Gasteiger partial charge in [0.25, 0.3) is 0 Å². The molecule has 1 saturated carbocycles. The Hall–Kier alpha value is -0.0800. The average molecular weight is 280 g/mol. The van der Waals surface area contributed by atoms with Crippen molar-refractivity contribution in [3.8, 4) is 0 Å². The third kappa shape index (κ3) is 5.04. The van der Waals surface area contributed by atoms with Crippen LogP contribution in [0.1, 0.15) is 71.6 Å². The lowest BCUT2D eigenvalue weighted by Gasteiger charge is -2.38. The number of nitrogens with one attached hydrogen (secondary N) is 1. The van der Waals surface area contributed by atoms with Crippen molar-refractivity contribution in [2.45, 2.75) is 77.7 Å². The summed E-state index contributed by atoms with van der Waals surface area (Å²) in [5.41, 5.74) is 0. The molecule has 2 nitrogen and oxygen atoms in total. The Bertz CT molecular complexity index is 240. The first kappa shape index (κ1) is 16.3. The molecule has 1 N–H and O–H groups in total. The van der Waals surface area contributed by atoms with E-state index in [2.05, 4.69) is 24.1 Å². The predicted octanol–water partition coefficient (Wildman–Crippen LogP) is 4.06. The zero-order valence-electron chi connectivity index (χ0n) is 13.9. The van der Waals surface area contributed by atoms with Crippen molar-refractivity contribution >= 4 is 0 Å². The van der Waals surface area contributed by atoms with E-state index in [0.717, 1.165) is 24.4 Å². The molecule has 20 heavy (non-hydrogen) atoms. The highest BCUT2D eigenvalue weighted by Crippen LogP contribution is 2.28. The summed E-state index contributed by atoms with van der Waals surface area (Å²) in [6.07, 6.45) is 13.0. The standard InChI is InChI=1S/C18H36N2/c1-3-8-16-11-13-20(14-12-16)15-18(19-4-2)17-9-6-5-7-10-17/h16-19H,3-15H2,1-2H3. The molecule has 0 radical (unpaired) electrons. The van der Waals surface area contributed by atoms with Crippen LogP contribution < -0.4 is 5.32 Å². The van der Waals surface area contributed by atoms with Gasteiger partial charge in [-0.15, -0.1) is 0 Å². The lowest BCUT2D eigenvalue weighted by molar-refractivity contribution is 0.138. The second-order valence-electron chi connectivity index (χ2n) is 7.09. The largest absolute Gasteiger partial charge is 0.313 e. The molecule has 1 heterocycles. The lowest BCUT2D eigenvalue weighted by atomic mass is 9.83. The third-order valence-electron chi connectivity index (χ3n) is 5.54. The quantitative estimate of drug-likeness (QED) is 0.756. The molecule has 0 spiro atoms. The summed E-state index contributed by atoms with van der Waals surface area (Å²) in [4.78, 5) is 2.74. The zero-order valence-corrected chi connectivity index (χ0v) is 13.9. The van der Waals surface area contributed by atoms with Gasteiger partial charge in [0.05, 0.1) is 0 Å². The summed E-state index contributed by atoms with van der Waals surface area (Å²) in [5, 5.41) is 3.79. The molecular weight excluding hydrogens is 244 g/mol. The Morgan fingerprint density at radius 3 is 2.30 bits per heavy atom. The molecule has 1 atom stereocenters. The van der Waals surface area contributed by atoms with Crippen molar-refractivity contribution < 1.29 is 0 Å². The van der Waals surface area contributed by atoms with Gasteiger partial charge < -0.3 is 10.2 Å². The summed E-state index contributed by atoms with van der Waals surface area (Å²) in [5.74, 6) is 1.96. The Morgan fingerprint density at radius 2 is 1.70 bits per heavy atom. The van der Waals surface area contributed by atoms with Crippen molar-refractivity contribution in [2.75, 3.05) is 26.2 Å². The van der Waals surface area contributed by atoms with Crippen LogP contribution in [0.15, 0.2) is 0 Å². The van der Waals surface area contributed by atoms with Crippen LogP contribution in [0.2, 0.25) is 0 Å². The number of rotatable bonds is 7. The van der Waals surface area contributed by atoms with Crippen LogP contribution in [0.25, 0.3) is 0 Å². The molecule has 0 aromatic heterocycles. The maximum atomic E-state index is 3.79. The van der Waals surface area contributed by atoms with E-state index < -0.39 is 0 Å². The zero-order chi connectivity index (χ0) is 14.2. The number of likely N-dealkylation sites (tertiary alicyclic amines) is 1. The lowest BCUT2D eigenvalue weighted by Crippen LogP contribution is -2.48. The molecule has 1 saturated heterocycles. The average Bonchev–Trinajstić information content (AvgIpc) is 2.50. The highest BCUT2D eigenvalue weighted by Gasteiger charge is 2.26. The van der Waals surface area contributed by atoms with Crippen LogP contribution in [0.5, 0.6) is 0 Å². The molecule has 118 valence electrons. The molecule has 2 rings (SSSR count). The van der Waals surface area contributed by atoms with E-state index in [1.54, 1.807) is 0 Å². The SMILES string of the molecule is CCCC1CCN(CC(NCC)C2CCCCC2)CC1. The van der Waals surface area contributed by atoms with Gasteiger partial charge in [-0.2, -0.15) is 0 Å². The molecule has 0 amide bonds. The number of likely N-dealkylation sites (N-methyl/N-ethyl adjacent to an activating group) is 1. The first-order chi connectivity index (χ1) is 9.83. The molecule has 2 aliphatic rings. The van der Waals surface area contributed by atoms with Gasteiger partial charge in [0.15, 0.2) is 0 Å². The number of hydrogen-bond donors (Lipinski definition) is 1. The van der Waals surface area contributed by atoms with E-state index in [1.165, 1.54) is 77.4 Å². The molecule has 0 aromatic rings. The first-order valence-corrected chi connectivity index (χ1v) is 9.29. The van der Waals surface area contributed by atoms with E-state index >= 15 is 0 Å². The van der Waals surface area contributed by atoms with Crippen LogP contribution in [0.3, 0.4) is 0 Å². The van der Waals surface area contributed by atoms with Crippen LogP contribution >= 0.6 is 0 Å². The minimum atomic E-state index is 0.753. The van der Waals surface area contributed by atoms with Crippen LogP contribution in [-0.4, -0.2) is 37.1 Å². The van der Waals surface area contributed by atoms with Gasteiger partial charge in [-0.05, 0) is 57.2 Å². The van der Waals surface area contributed by atoms with E-state index in [-0.39, 0.29) is 0 Å². The number of nitrogens with zero attached hydrogens (tertiary/aromatic N) is 1. The van der Waals surface area contributed by atoms with E-state index in [1.807, 2.05) is 0 Å². The van der Waals surface area contributed by atoms with Gasteiger partial charge in [-0.25, -0.2) is 0 Å². The second kappa shape index (κ2) is 9.04. The third-order valence-corrected chi connectivity index (χ3v) is 5.54. The van der Waals surface area contributed by atoms with Gasteiger partial charge in [-0.1, -0.05) is 46.0 Å². The summed E-state index contributed by atoms with van der Waals surface area (Å²) < 4.78 is 0. The molecule has 2 fully saturated rings. The Labute approximate surface area is 126 Å². The minimum absolute atomic E-state index is 0.753. The molecular formula is C18H36N2. The predicted molar refractivity (Wildman–Crippen MR) is 88.1 cm³/mol. The van der Waals surface area contributed by atoms with Crippen molar-refractivity contribution in [3.05, 3.63) is 0 Å². The summed E-state index contributed by atoms with van der Waals surface area (Å²) in [6.45, 7) is 9.73. The summed E-state index contributed by atoms with van der Waals surface area (Å²) >= 11 is 0. The summed E-state index contributed by atoms with van der Waals surface area (Å²) in [6, 6.07) is 0.753. The van der Waals surface area contributed by atoms with Crippen molar-refractivity contribution in [3.63, 3.8) is 0 Å². The van der Waals surface area contributed by atoms with Gasteiger partial charge in [0.2, 0.25) is 0 Å². The normalized spacial score (nSPS) is 24.9. The number of piperidine rings is 1. The minimum Gasteiger partial charge on any atom is -0.313 e.